The summed E-state index contributed by atoms with van der Waals surface area (Å²) < 4.78 is 0. The standard InChI is InChI=1S/C10H15N.C9H11N3O.C5H13N.2C2H6.C2H2.CH2O/c1-9(11(2)3)10-7-5-4-6-8-10;10-6-9(13)8-2-1-4-11-7-12-5-3-8;1-4-5-6(2)3;4*1-2/h4-9H,1-3H3;1-5,7H,6,10H2,(H,11,12);4-5H2,1-3H3;2*1-2H3;1-2H;1H2/t9-;;;;;;/m0....../s1. The third-order valence-electron chi connectivity index (χ3n) is 4.19. The summed E-state index contributed by atoms with van der Waals surface area (Å²) in [5.74, 6) is -0.0930. The van der Waals surface area contributed by atoms with Crippen molar-refractivity contribution in [3.63, 3.8) is 0 Å². The van der Waals surface area contributed by atoms with Gasteiger partial charge in [-0.25, -0.2) is 4.98 Å². The molecule has 7 nitrogen and oxygen atoms in total. The topological polar surface area (TPSA) is 95.3 Å². The first-order chi connectivity index (χ1) is 18.3. The highest BCUT2D eigenvalue weighted by atomic mass is 16.1. The minimum absolute atomic E-state index is 0.0187. The Morgan fingerprint density at radius 2 is 1.50 bits per heavy atom. The van der Waals surface area contributed by atoms with E-state index < -0.39 is 0 Å². The minimum Gasteiger partial charge on any atom is -0.353 e. The average Bonchev–Trinajstić information content (AvgIpc) is 3.12. The molecular weight excluding hydrogens is 474 g/mol. The number of hydrogen-bond acceptors (Lipinski definition) is 6. The molecular formula is C31H55N5O2. The highest BCUT2D eigenvalue weighted by Gasteiger charge is 2.05. The molecule has 0 bridgehead atoms. The third-order valence-corrected chi connectivity index (χ3v) is 4.19. The fraction of sp³-hybridized carbons (Fsp3) is 0.452. The maximum absolute atomic E-state index is 11.2. The van der Waals surface area contributed by atoms with E-state index in [1.54, 1.807) is 30.6 Å². The van der Waals surface area contributed by atoms with Crippen LogP contribution >= 0.6 is 0 Å². The lowest BCUT2D eigenvalue weighted by molar-refractivity contribution is -0.0980. The first-order valence-electron chi connectivity index (χ1n) is 12.9. The third kappa shape index (κ3) is 30.7. The normalized spacial score (nSPS) is 9.03. The zero-order chi connectivity index (χ0) is 30.8. The van der Waals surface area contributed by atoms with Gasteiger partial charge in [-0.15, -0.1) is 12.8 Å². The smallest absolute Gasteiger partial charge is 0.176 e. The monoisotopic (exact) mass is 529 g/mol. The van der Waals surface area contributed by atoms with Crippen molar-refractivity contribution < 1.29 is 9.59 Å². The van der Waals surface area contributed by atoms with Crippen LogP contribution in [0.1, 0.15) is 69.9 Å². The number of benzene rings is 1. The molecule has 3 N–H and O–H groups in total. The van der Waals surface area contributed by atoms with Crippen LogP contribution in [0.15, 0.2) is 67.3 Å². The lowest BCUT2D eigenvalue weighted by atomic mass is 10.1. The molecule has 0 spiro atoms. The van der Waals surface area contributed by atoms with Gasteiger partial charge in [0.15, 0.2) is 5.78 Å². The fourth-order valence-corrected chi connectivity index (χ4v) is 2.30. The lowest BCUT2D eigenvalue weighted by Gasteiger charge is -2.19. The minimum atomic E-state index is -0.0930. The van der Waals surface area contributed by atoms with E-state index in [1.165, 1.54) is 24.9 Å². The number of hydrogen-bond donors (Lipinski definition) is 2. The van der Waals surface area contributed by atoms with Crippen LogP contribution in [0.2, 0.25) is 0 Å². The molecule has 0 unspecified atom stereocenters. The van der Waals surface area contributed by atoms with E-state index in [-0.39, 0.29) is 12.3 Å². The quantitative estimate of drug-likeness (QED) is 0.349. The molecule has 7 heteroatoms. The summed E-state index contributed by atoms with van der Waals surface area (Å²) in [6, 6.07) is 16.1. The van der Waals surface area contributed by atoms with Gasteiger partial charge in [-0.3, -0.25) is 4.79 Å². The van der Waals surface area contributed by atoms with E-state index >= 15 is 0 Å². The molecule has 1 aromatic carbocycles. The van der Waals surface area contributed by atoms with Crippen LogP contribution < -0.4 is 5.73 Å². The number of aromatic amines is 1. The first kappa shape index (κ1) is 44.7. The second kappa shape index (κ2) is 38.2. The number of nitrogens with two attached hydrogens (primary N) is 1. The molecule has 216 valence electrons. The Morgan fingerprint density at radius 1 is 0.974 bits per heavy atom. The van der Waals surface area contributed by atoms with Crippen LogP contribution in [0.3, 0.4) is 0 Å². The molecule has 0 saturated carbocycles. The number of terminal acetylenes is 1. The summed E-state index contributed by atoms with van der Waals surface area (Å²) in [6.07, 6.45) is 14.0. The van der Waals surface area contributed by atoms with E-state index in [1.807, 2.05) is 40.6 Å². The van der Waals surface area contributed by atoms with E-state index in [0.29, 0.717) is 11.6 Å². The van der Waals surface area contributed by atoms with Crippen LogP contribution in [-0.4, -0.2) is 73.6 Å². The summed E-state index contributed by atoms with van der Waals surface area (Å²) in [5, 5.41) is 0. The van der Waals surface area contributed by atoms with Gasteiger partial charge in [0.05, 0.1) is 12.9 Å². The molecule has 0 aliphatic rings. The number of ketones is 1. The molecule has 1 atom stereocenters. The number of aromatic nitrogens is 2. The van der Waals surface area contributed by atoms with Crippen molar-refractivity contribution >= 4 is 12.6 Å². The molecule has 0 fully saturated rings. The van der Waals surface area contributed by atoms with E-state index in [2.05, 4.69) is 98.9 Å². The second-order valence-electron chi connectivity index (χ2n) is 7.22. The highest BCUT2D eigenvalue weighted by Crippen LogP contribution is 2.15. The zero-order valence-electron chi connectivity index (χ0n) is 25.6. The van der Waals surface area contributed by atoms with Crippen molar-refractivity contribution in [3.05, 3.63) is 78.4 Å². The van der Waals surface area contributed by atoms with Crippen LogP contribution in [-0.2, 0) is 4.79 Å². The number of Topliss-reactive ketones (excluding diaryl/α,β-unsaturated/α-hetero) is 1. The Balaban J connectivity index is -0.000000131. The maximum atomic E-state index is 11.2. The van der Waals surface area contributed by atoms with Crippen molar-refractivity contribution in [2.75, 3.05) is 41.3 Å². The van der Waals surface area contributed by atoms with Gasteiger partial charge < -0.3 is 25.3 Å². The Morgan fingerprint density at radius 3 is 1.89 bits per heavy atom. The average molecular weight is 530 g/mol. The van der Waals surface area contributed by atoms with Crippen LogP contribution in [0.4, 0.5) is 0 Å². The number of nitrogens with zero attached hydrogens (tertiary/aromatic N) is 3. The van der Waals surface area contributed by atoms with Crippen molar-refractivity contribution in [2.24, 2.45) is 5.73 Å². The molecule has 0 radical (unpaired) electrons. The van der Waals surface area contributed by atoms with Gasteiger partial charge in [-0.2, -0.15) is 0 Å². The summed E-state index contributed by atoms with van der Waals surface area (Å²) in [6.45, 7) is 15.6. The molecule has 1 heterocycles. The number of H-pyrrole nitrogens is 1. The SMILES string of the molecule is C#C.C=O.CC.CC.CCCN(C)C.C[C@@H](c1ccccc1)N(C)C.NCC(=O)c1cccnc[nH]cc1. The second-order valence-corrected chi connectivity index (χ2v) is 7.22. The Hall–Kier alpha value is -3.31. The maximum Gasteiger partial charge on any atom is 0.176 e. The molecule has 0 amide bonds. The first-order valence-corrected chi connectivity index (χ1v) is 12.9. The Bertz CT molecular complexity index is 765. The number of nitrogens with one attached hydrogen (secondary N) is 1. The predicted molar refractivity (Wildman–Crippen MR) is 167 cm³/mol. The summed E-state index contributed by atoms with van der Waals surface area (Å²) in [7, 11) is 8.36. The summed E-state index contributed by atoms with van der Waals surface area (Å²) in [5.41, 5.74) is 7.17. The van der Waals surface area contributed by atoms with Gasteiger partial charge in [0.2, 0.25) is 0 Å². The van der Waals surface area contributed by atoms with Gasteiger partial charge in [-0.1, -0.05) is 65.0 Å². The van der Waals surface area contributed by atoms with E-state index in [0.717, 1.165) is 0 Å². The van der Waals surface area contributed by atoms with Crippen LogP contribution in [0.5, 0.6) is 0 Å². The molecule has 2 rings (SSSR count). The van der Waals surface area contributed by atoms with Gasteiger partial charge in [0, 0.05) is 24.0 Å². The van der Waals surface area contributed by atoms with Crippen molar-refractivity contribution in [1.82, 2.24) is 19.8 Å². The fourth-order valence-electron chi connectivity index (χ4n) is 2.30. The lowest BCUT2D eigenvalue weighted by Crippen LogP contribution is -2.16. The van der Waals surface area contributed by atoms with Crippen molar-refractivity contribution in [3.8, 4) is 12.8 Å². The number of rotatable bonds is 6. The molecule has 2 aromatic rings. The summed E-state index contributed by atoms with van der Waals surface area (Å²) >= 11 is 0. The summed E-state index contributed by atoms with van der Waals surface area (Å²) in [4.78, 5) is 30.2. The Kier molecular flexibility index (Phi) is 44.9. The zero-order valence-corrected chi connectivity index (χ0v) is 25.6. The van der Waals surface area contributed by atoms with Crippen LogP contribution in [0.25, 0.3) is 0 Å². The van der Waals surface area contributed by atoms with E-state index in [4.69, 9.17) is 10.5 Å². The highest BCUT2D eigenvalue weighted by molar-refractivity contribution is 5.97. The van der Waals surface area contributed by atoms with Gasteiger partial charge in [0.25, 0.3) is 0 Å². The molecule has 38 heavy (non-hydrogen) atoms. The predicted octanol–water partition coefficient (Wildman–Crippen LogP) is 6.06. The number of carbonyl (C=O) groups is 2. The van der Waals surface area contributed by atoms with Gasteiger partial charge in [0.1, 0.15) is 6.79 Å². The molecule has 0 saturated heterocycles. The largest absolute Gasteiger partial charge is 0.353 e. The van der Waals surface area contributed by atoms with Crippen LogP contribution in [0, 0.1) is 12.8 Å². The van der Waals surface area contributed by atoms with Gasteiger partial charge >= 0.3 is 0 Å². The Labute approximate surface area is 234 Å². The molecule has 1 aromatic heterocycles. The molecule has 0 aliphatic carbocycles. The molecule has 0 aliphatic heterocycles. The van der Waals surface area contributed by atoms with Crippen molar-refractivity contribution in [1.29, 1.82) is 0 Å². The van der Waals surface area contributed by atoms with Crippen molar-refractivity contribution in [2.45, 2.75) is 54.0 Å². The van der Waals surface area contributed by atoms with E-state index in [9.17, 15) is 4.79 Å². The van der Waals surface area contributed by atoms with Gasteiger partial charge in [-0.05, 0) is 71.8 Å². The number of carbonyl (C=O) groups excluding carboxylic acids is 2.